The molecule has 2 rings (SSSR count). The molecule has 0 bridgehead atoms. The summed E-state index contributed by atoms with van der Waals surface area (Å²) in [5.41, 5.74) is 0.901. The average molecular weight is 195 g/mol. The number of piperidine rings is 1. The molecule has 1 aliphatic rings. The van der Waals surface area contributed by atoms with Gasteiger partial charge in [-0.05, 0) is 38.1 Å². The number of pyridine rings is 1. The molecule has 1 aromatic heterocycles. The van der Waals surface area contributed by atoms with Crippen molar-refractivity contribution in [1.82, 2.24) is 10.3 Å². The molecule has 1 aromatic rings. The van der Waals surface area contributed by atoms with Crippen LogP contribution in [0.2, 0.25) is 0 Å². The summed E-state index contributed by atoms with van der Waals surface area (Å²) in [6.45, 7) is 2.10. The highest BCUT2D eigenvalue weighted by Gasteiger charge is 2.12. The highest BCUT2D eigenvalue weighted by Crippen LogP contribution is 2.12. The Hall–Kier alpha value is -1.16. The molecule has 0 aromatic carbocycles. The van der Waals surface area contributed by atoms with Gasteiger partial charge in [-0.15, -0.1) is 0 Å². The number of nitrogens with zero attached hydrogens (tertiary/aromatic N) is 1. The molecule has 0 aliphatic carbocycles. The lowest BCUT2D eigenvalue weighted by atomic mass is 10.1. The van der Waals surface area contributed by atoms with Crippen molar-refractivity contribution < 1.29 is 4.39 Å². The van der Waals surface area contributed by atoms with Crippen molar-refractivity contribution in [3.8, 4) is 0 Å². The molecule has 4 heteroatoms. The third-order valence-electron chi connectivity index (χ3n) is 2.44. The van der Waals surface area contributed by atoms with E-state index in [0.29, 0.717) is 6.04 Å². The van der Waals surface area contributed by atoms with E-state index in [9.17, 15) is 4.39 Å². The summed E-state index contributed by atoms with van der Waals surface area (Å²) in [5.74, 6) is -0.430. The van der Waals surface area contributed by atoms with Crippen LogP contribution < -0.4 is 10.6 Å². The standard InChI is InChI=1S/C10H14FN3/c11-10-2-1-9(7-13-10)14-8-3-5-12-6-4-8/h1-2,7-8,12,14H,3-6H2. The molecule has 0 saturated carbocycles. The quantitative estimate of drug-likeness (QED) is 0.700. The summed E-state index contributed by atoms with van der Waals surface area (Å²) in [7, 11) is 0. The largest absolute Gasteiger partial charge is 0.381 e. The molecule has 0 radical (unpaired) electrons. The van der Waals surface area contributed by atoms with Crippen molar-refractivity contribution in [2.24, 2.45) is 0 Å². The molecule has 3 nitrogen and oxygen atoms in total. The van der Waals surface area contributed by atoms with Gasteiger partial charge in [0.1, 0.15) is 0 Å². The van der Waals surface area contributed by atoms with E-state index in [1.54, 1.807) is 6.07 Å². The third kappa shape index (κ3) is 2.42. The van der Waals surface area contributed by atoms with Gasteiger partial charge in [0.25, 0.3) is 0 Å². The van der Waals surface area contributed by atoms with Crippen LogP contribution in [0.1, 0.15) is 12.8 Å². The van der Waals surface area contributed by atoms with Gasteiger partial charge >= 0.3 is 0 Å². The van der Waals surface area contributed by atoms with Gasteiger partial charge in [-0.25, -0.2) is 4.98 Å². The van der Waals surface area contributed by atoms with Gasteiger partial charge in [0.15, 0.2) is 0 Å². The summed E-state index contributed by atoms with van der Waals surface area (Å²) in [6.07, 6.45) is 3.76. The van der Waals surface area contributed by atoms with Crippen LogP contribution in [0.4, 0.5) is 10.1 Å². The Kier molecular flexibility index (Phi) is 2.93. The molecular formula is C10H14FN3. The number of anilines is 1. The predicted molar refractivity (Wildman–Crippen MR) is 53.7 cm³/mol. The zero-order valence-electron chi connectivity index (χ0n) is 7.96. The smallest absolute Gasteiger partial charge is 0.212 e. The monoisotopic (exact) mass is 195 g/mol. The molecule has 14 heavy (non-hydrogen) atoms. The van der Waals surface area contributed by atoms with Crippen molar-refractivity contribution >= 4 is 5.69 Å². The molecule has 2 N–H and O–H groups in total. The van der Waals surface area contributed by atoms with Crippen LogP contribution in [0.3, 0.4) is 0 Å². The second-order valence-electron chi connectivity index (χ2n) is 3.54. The minimum Gasteiger partial charge on any atom is -0.381 e. The number of hydrogen-bond donors (Lipinski definition) is 2. The molecule has 0 atom stereocenters. The number of hydrogen-bond acceptors (Lipinski definition) is 3. The Morgan fingerprint density at radius 2 is 2.14 bits per heavy atom. The van der Waals surface area contributed by atoms with Crippen LogP contribution >= 0.6 is 0 Å². The number of aromatic nitrogens is 1. The lowest BCUT2D eigenvalue weighted by Gasteiger charge is -2.24. The Morgan fingerprint density at radius 1 is 1.36 bits per heavy atom. The fourth-order valence-electron chi connectivity index (χ4n) is 1.66. The minimum absolute atomic E-state index is 0.430. The van der Waals surface area contributed by atoms with Crippen molar-refractivity contribution in [3.63, 3.8) is 0 Å². The molecule has 76 valence electrons. The van der Waals surface area contributed by atoms with Crippen LogP contribution in [0.25, 0.3) is 0 Å². The summed E-state index contributed by atoms with van der Waals surface area (Å²) in [5, 5.41) is 6.63. The highest BCUT2D eigenvalue weighted by atomic mass is 19.1. The fourth-order valence-corrected chi connectivity index (χ4v) is 1.66. The zero-order valence-corrected chi connectivity index (χ0v) is 7.96. The van der Waals surface area contributed by atoms with Gasteiger partial charge < -0.3 is 10.6 Å². The van der Waals surface area contributed by atoms with Gasteiger partial charge in [-0.3, -0.25) is 0 Å². The Bertz CT molecular complexity index is 280. The van der Waals surface area contributed by atoms with Crippen LogP contribution in [-0.2, 0) is 0 Å². The average Bonchev–Trinajstić information content (AvgIpc) is 2.23. The van der Waals surface area contributed by atoms with Crippen LogP contribution in [-0.4, -0.2) is 24.1 Å². The van der Waals surface area contributed by atoms with E-state index in [1.165, 1.54) is 12.3 Å². The molecule has 1 aliphatic heterocycles. The summed E-state index contributed by atoms with van der Waals surface area (Å²) >= 11 is 0. The van der Waals surface area contributed by atoms with E-state index >= 15 is 0 Å². The van der Waals surface area contributed by atoms with Gasteiger partial charge in [0, 0.05) is 6.04 Å². The van der Waals surface area contributed by atoms with Crippen LogP contribution in [0, 0.1) is 5.95 Å². The van der Waals surface area contributed by atoms with E-state index < -0.39 is 5.95 Å². The molecule has 0 spiro atoms. The third-order valence-corrected chi connectivity index (χ3v) is 2.44. The first-order chi connectivity index (χ1) is 6.84. The first-order valence-electron chi connectivity index (χ1n) is 4.93. The molecule has 1 fully saturated rings. The fraction of sp³-hybridized carbons (Fsp3) is 0.500. The summed E-state index contributed by atoms with van der Waals surface area (Å²) in [4.78, 5) is 3.60. The van der Waals surface area contributed by atoms with E-state index in [-0.39, 0.29) is 0 Å². The second kappa shape index (κ2) is 4.37. The summed E-state index contributed by atoms with van der Waals surface area (Å²) < 4.78 is 12.5. The zero-order chi connectivity index (χ0) is 9.80. The minimum atomic E-state index is -0.430. The number of halogens is 1. The van der Waals surface area contributed by atoms with Gasteiger partial charge in [-0.1, -0.05) is 0 Å². The van der Waals surface area contributed by atoms with Crippen LogP contribution in [0.5, 0.6) is 0 Å². The molecule has 0 amide bonds. The maximum Gasteiger partial charge on any atom is 0.212 e. The number of nitrogens with one attached hydrogen (secondary N) is 2. The SMILES string of the molecule is Fc1ccc(NC2CCNCC2)cn1. The van der Waals surface area contributed by atoms with Crippen molar-refractivity contribution in [1.29, 1.82) is 0 Å². The Morgan fingerprint density at radius 3 is 2.79 bits per heavy atom. The van der Waals surface area contributed by atoms with Gasteiger partial charge in [-0.2, -0.15) is 4.39 Å². The lowest BCUT2D eigenvalue weighted by Crippen LogP contribution is -2.35. The normalized spacial score (nSPS) is 18.1. The van der Waals surface area contributed by atoms with E-state index in [2.05, 4.69) is 15.6 Å². The topological polar surface area (TPSA) is 37.0 Å². The highest BCUT2D eigenvalue weighted by molar-refractivity contribution is 5.41. The van der Waals surface area contributed by atoms with Crippen molar-refractivity contribution in [2.75, 3.05) is 18.4 Å². The van der Waals surface area contributed by atoms with Gasteiger partial charge in [0.2, 0.25) is 5.95 Å². The molecule has 0 unspecified atom stereocenters. The lowest BCUT2D eigenvalue weighted by molar-refractivity contribution is 0.479. The first kappa shape index (κ1) is 9.40. The van der Waals surface area contributed by atoms with E-state index in [4.69, 9.17) is 0 Å². The van der Waals surface area contributed by atoms with Crippen LogP contribution in [0.15, 0.2) is 18.3 Å². The Balaban J connectivity index is 1.92. The van der Waals surface area contributed by atoms with E-state index in [0.717, 1.165) is 31.6 Å². The summed E-state index contributed by atoms with van der Waals surface area (Å²) in [6, 6.07) is 3.59. The molecule has 1 saturated heterocycles. The maximum atomic E-state index is 12.5. The number of rotatable bonds is 2. The Labute approximate surface area is 82.7 Å². The maximum absolute atomic E-state index is 12.5. The van der Waals surface area contributed by atoms with Crippen molar-refractivity contribution in [2.45, 2.75) is 18.9 Å². The van der Waals surface area contributed by atoms with Gasteiger partial charge in [0.05, 0.1) is 11.9 Å². The van der Waals surface area contributed by atoms with E-state index in [1.807, 2.05) is 0 Å². The predicted octanol–water partition coefficient (Wildman–Crippen LogP) is 1.38. The van der Waals surface area contributed by atoms with Crippen molar-refractivity contribution in [3.05, 3.63) is 24.3 Å². The second-order valence-corrected chi connectivity index (χ2v) is 3.54. The molecular weight excluding hydrogens is 181 g/mol. The molecule has 2 heterocycles. The first-order valence-corrected chi connectivity index (χ1v) is 4.93.